The molecule has 4 nitrogen and oxygen atoms in total. The zero-order valence-electron chi connectivity index (χ0n) is 15.1. The summed E-state index contributed by atoms with van der Waals surface area (Å²) in [4.78, 5) is 0.195. The molecule has 0 aromatic heterocycles. The summed E-state index contributed by atoms with van der Waals surface area (Å²) in [7, 11) is -3.59. The van der Waals surface area contributed by atoms with Crippen LogP contribution in [0.3, 0.4) is 0 Å². The molecule has 0 radical (unpaired) electrons. The smallest absolute Gasteiger partial charge is 0.206 e. The van der Waals surface area contributed by atoms with Crippen molar-refractivity contribution in [3.8, 4) is 0 Å². The van der Waals surface area contributed by atoms with Gasteiger partial charge in [-0.3, -0.25) is 0 Å². The topological polar surface area (TPSA) is 55.4 Å². The lowest BCUT2D eigenvalue weighted by atomic mass is 10.2. The summed E-state index contributed by atoms with van der Waals surface area (Å²) in [6.07, 6.45) is 3.64. The predicted octanol–water partition coefficient (Wildman–Crippen LogP) is 4.56. The normalized spacial score (nSPS) is 13.7. The third-order valence-corrected chi connectivity index (χ3v) is 6.41. The van der Waals surface area contributed by atoms with Gasteiger partial charge >= 0.3 is 0 Å². The van der Waals surface area contributed by atoms with Crippen molar-refractivity contribution in [3.05, 3.63) is 78.4 Å². The number of halogens is 3. The molecule has 0 saturated heterocycles. The molecule has 0 aliphatic carbocycles. The minimum Gasteiger partial charge on any atom is -0.373 e. The van der Waals surface area contributed by atoms with Gasteiger partial charge < -0.3 is 10.1 Å². The molecule has 1 N–H and O–H groups in total. The molecule has 2 rings (SSSR count). The highest BCUT2D eigenvalue weighted by Crippen LogP contribution is 2.32. The first-order valence-electron chi connectivity index (χ1n) is 8.63. The SMILES string of the molecule is O=S(=O)(CC(NC/C=C/COCc1ccccc1)C(Cl)(Cl)Cl)c1ccccc1. The van der Waals surface area contributed by atoms with Crippen molar-refractivity contribution in [2.75, 3.05) is 18.9 Å². The van der Waals surface area contributed by atoms with Crippen LogP contribution >= 0.6 is 34.8 Å². The number of benzene rings is 2. The second-order valence-electron chi connectivity index (χ2n) is 6.07. The summed E-state index contributed by atoms with van der Waals surface area (Å²) in [5.41, 5.74) is 1.09. The fourth-order valence-electron chi connectivity index (χ4n) is 2.39. The highest BCUT2D eigenvalue weighted by molar-refractivity contribution is 7.91. The van der Waals surface area contributed by atoms with Crippen molar-refractivity contribution in [3.63, 3.8) is 0 Å². The van der Waals surface area contributed by atoms with Crippen LogP contribution in [0.15, 0.2) is 77.7 Å². The number of rotatable bonds is 10. The van der Waals surface area contributed by atoms with Gasteiger partial charge in [0.2, 0.25) is 3.79 Å². The van der Waals surface area contributed by atoms with Crippen molar-refractivity contribution < 1.29 is 13.2 Å². The van der Waals surface area contributed by atoms with E-state index >= 15 is 0 Å². The molecule has 1 atom stereocenters. The predicted molar refractivity (Wildman–Crippen MR) is 116 cm³/mol. The third-order valence-electron chi connectivity index (χ3n) is 3.86. The maximum atomic E-state index is 12.5. The number of ether oxygens (including phenoxy) is 1. The van der Waals surface area contributed by atoms with E-state index in [0.29, 0.717) is 19.8 Å². The maximum Gasteiger partial charge on any atom is 0.206 e. The molecule has 0 spiro atoms. The van der Waals surface area contributed by atoms with E-state index in [9.17, 15) is 8.42 Å². The molecule has 0 aliphatic rings. The van der Waals surface area contributed by atoms with Gasteiger partial charge in [0.15, 0.2) is 9.84 Å². The highest BCUT2D eigenvalue weighted by Gasteiger charge is 2.36. The Morgan fingerprint density at radius 3 is 2.18 bits per heavy atom. The van der Waals surface area contributed by atoms with E-state index in [1.807, 2.05) is 42.5 Å². The fourth-order valence-corrected chi connectivity index (χ4v) is 4.70. The fraction of sp³-hybridized carbons (Fsp3) is 0.300. The Balaban J connectivity index is 1.82. The van der Waals surface area contributed by atoms with Crippen LogP contribution in [0.2, 0.25) is 0 Å². The van der Waals surface area contributed by atoms with Crippen molar-refractivity contribution in [1.29, 1.82) is 0 Å². The van der Waals surface area contributed by atoms with Gasteiger partial charge in [-0.05, 0) is 17.7 Å². The number of sulfone groups is 1. The van der Waals surface area contributed by atoms with E-state index in [-0.39, 0.29) is 10.6 Å². The summed E-state index contributed by atoms with van der Waals surface area (Å²) >= 11 is 17.9. The number of hydrogen-bond acceptors (Lipinski definition) is 4. The molecule has 2 aromatic rings. The van der Waals surface area contributed by atoms with Gasteiger partial charge in [0.1, 0.15) is 0 Å². The summed E-state index contributed by atoms with van der Waals surface area (Å²) in [5, 5.41) is 2.98. The van der Waals surface area contributed by atoms with Crippen LogP contribution in [0.5, 0.6) is 0 Å². The molecule has 0 heterocycles. The largest absolute Gasteiger partial charge is 0.373 e. The minimum atomic E-state index is -3.59. The summed E-state index contributed by atoms with van der Waals surface area (Å²) in [6.45, 7) is 1.29. The second-order valence-corrected chi connectivity index (χ2v) is 10.5. The molecule has 8 heteroatoms. The molecule has 0 aliphatic heterocycles. The lowest BCUT2D eigenvalue weighted by molar-refractivity contribution is 0.148. The molecular weight excluding hydrogens is 441 g/mol. The van der Waals surface area contributed by atoms with Crippen LogP contribution < -0.4 is 5.32 Å². The highest BCUT2D eigenvalue weighted by atomic mass is 35.6. The van der Waals surface area contributed by atoms with Gasteiger partial charge in [-0.25, -0.2) is 8.42 Å². The van der Waals surface area contributed by atoms with Gasteiger partial charge in [-0.15, -0.1) is 0 Å². The Bertz CT molecular complexity index is 838. The lowest BCUT2D eigenvalue weighted by Gasteiger charge is -2.25. The maximum absolute atomic E-state index is 12.5. The lowest BCUT2D eigenvalue weighted by Crippen LogP contribution is -2.45. The molecule has 152 valence electrons. The molecule has 0 amide bonds. The van der Waals surface area contributed by atoms with Gasteiger partial charge in [-0.2, -0.15) is 0 Å². The van der Waals surface area contributed by atoms with E-state index in [0.717, 1.165) is 5.56 Å². The van der Waals surface area contributed by atoms with E-state index in [4.69, 9.17) is 39.5 Å². The monoisotopic (exact) mass is 461 g/mol. The Hall–Kier alpha value is -1.08. The quantitative estimate of drug-likeness (QED) is 0.319. The van der Waals surface area contributed by atoms with Crippen molar-refractivity contribution >= 4 is 44.6 Å². The molecule has 28 heavy (non-hydrogen) atoms. The number of hydrogen-bond donors (Lipinski definition) is 1. The second kappa shape index (κ2) is 11.2. The van der Waals surface area contributed by atoms with E-state index in [1.165, 1.54) is 12.1 Å². The first kappa shape index (κ1) is 23.2. The zero-order chi connectivity index (χ0) is 20.5. The first-order chi connectivity index (χ1) is 13.3. The minimum absolute atomic E-state index is 0.195. The standard InChI is InChI=1S/C20H22Cl3NO3S/c21-20(22,23)19(16-28(25,26)18-11-5-2-6-12-18)24-13-7-8-14-27-15-17-9-3-1-4-10-17/h1-12,19,24H,13-16H2/b8-7+. The van der Waals surface area contributed by atoms with E-state index in [1.54, 1.807) is 18.2 Å². The molecular formula is C20H22Cl3NO3S. The Morgan fingerprint density at radius 2 is 1.57 bits per heavy atom. The average molecular weight is 463 g/mol. The van der Waals surface area contributed by atoms with Crippen molar-refractivity contribution in [2.45, 2.75) is 21.3 Å². The van der Waals surface area contributed by atoms with E-state index < -0.39 is 19.7 Å². The molecule has 2 aromatic carbocycles. The summed E-state index contributed by atoms with van der Waals surface area (Å²) in [6, 6.07) is 17.1. The van der Waals surface area contributed by atoms with E-state index in [2.05, 4.69) is 5.32 Å². The zero-order valence-corrected chi connectivity index (χ0v) is 18.2. The van der Waals surface area contributed by atoms with Gasteiger partial charge in [0.05, 0.1) is 29.9 Å². The number of alkyl halides is 3. The van der Waals surface area contributed by atoms with Crippen LogP contribution in [-0.4, -0.2) is 37.2 Å². The molecule has 0 bridgehead atoms. The molecule has 0 fully saturated rings. The third kappa shape index (κ3) is 8.11. The Labute approximate surface area is 181 Å². The van der Waals surface area contributed by atoms with Crippen LogP contribution in [0, 0.1) is 0 Å². The van der Waals surface area contributed by atoms with Gasteiger partial charge in [0.25, 0.3) is 0 Å². The van der Waals surface area contributed by atoms with Crippen LogP contribution in [-0.2, 0) is 21.2 Å². The Morgan fingerprint density at radius 1 is 0.964 bits per heavy atom. The van der Waals surface area contributed by atoms with Crippen molar-refractivity contribution in [2.24, 2.45) is 0 Å². The van der Waals surface area contributed by atoms with Gasteiger partial charge in [0, 0.05) is 6.54 Å². The molecule has 1 unspecified atom stereocenters. The summed E-state index contributed by atoms with van der Waals surface area (Å²) < 4.78 is 28.9. The average Bonchev–Trinajstić information content (AvgIpc) is 2.67. The van der Waals surface area contributed by atoms with Gasteiger partial charge in [-0.1, -0.05) is 95.5 Å². The van der Waals surface area contributed by atoms with Crippen LogP contribution in [0.1, 0.15) is 5.56 Å². The van der Waals surface area contributed by atoms with Crippen LogP contribution in [0.4, 0.5) is 0 Å². The number of nitrogens with one attached hydrogen (secondary N) is 1. The Kier molecular flexibility index (Phi) is 9.28. The first-order valence-corrected chi connectivity index (χ1v) is 11.4. The summed E-state index contributed by atoms with van der Waals surface area (Å²) in [5.74, 6) is -0.328. The molecule has 0 saturated carbocycles. The van der Waals surface area contributed by atoms with Crippen molar-refractivity contribution in [1.82, 2.24) is 5.32 Å². The van der Waals surface area contributed by atoms with Crippen LogP contribution in [0.25, 0.3) is 0 Å².